The highest BCUT2D eigenvalue weighted by molar-refractivity contribution is 6.03. The Morgan fingerprint density at radius 3 is 2.65 bits per heavy atom. The summed E-state index contributed by atoms with van der Waals surface area (Å²) in [4.78, 5) is 25.4. The van der Waals surface area contributed by atoms with Crippen molar-refractivity contribution >= 4 is 17.3 Å². The van der Waals surface area contributed by atoms with Crippen LogP contribution in [0.3, 0.4) is 0 Å². The first-order chi connectivity index (χ1) is 14.7. The molecule has 8 nitrogen and oxygen atoms in total. The number of imidazole rings is 1. The zero-order valence-electron chi connectivity index (χ0n) is 15.8. The highest BCUT2D eigenvalue weighted by atomic mass is 19.4. The van der Waals surface area contributed by atoms with Crippen LogP contribution >= 0.6 is 0 Å². The largest absolute Gasteiger partial charge is 0.433 e. The third-order valence-electron chi connectivity index (χ3n) is 4.64. The molecule has 1 aliphatic heterocycles. The fourth-order valence-corrected chi connectivity index (χ4v) is 3.19. The van der Waals surface area contributed by atoms with E-state index in [0.717, 1.165) is 10.6 Å². The number of alkyl halides is 3. The third-order valence-corrected chi connectivity index (χ3v) is 4.64. The van der Waals surface area contributed by atoms with E-state index in [2.05, 4.69) is 20.3 Å². The molecule has 1 fully saturated rings. The quantitative estimate of drug-likeness (QED) is 0.611. The van der Waals surface area contributed by atoms with E-state index < -0.39 is 35.4 Å². The number of hydrogen-bond donors (Lipinski definition) is 2. The molecule has 1 amide bonds. The average molecular weight is 436 g/mol. The monoisotopic (exact) mass is 436 g/mol. The van der Waals surface area contributed by atoms with Crippen LogP contribution in [0.2, 0.25) is 0 Å². The maximum Gasteiger partial charge on any atom is 0.433 e. The Bertz CT molecular complexity index is 1100. The van der Waals surface area contributed by atoms with Gasteiger partial charge in [0.2, 0.25) is 5.95 Å². The molecule has 0 unspecified atom stereocenters. The highest BCUT2D eigenvalue weighted by Crippen LogP contribution is 2.29. The zero-order valence-corrected chi connectivity index (χ0v) is 15.8. The lowest BCUT2D eigenvalue weighted by atomic mass is 10.2. The Morgan fingerprint density at radius 1 is 1.19 bits per heavy atom. The van der Waals surface area contributed by atoms with Gasteiger partial charge in [-0.2, -0.15) is 13.2 Å². The molecule has 3 aromatic rings. The Balaban J connectivity index is 1.64. The van der Waals surface area contributed by atoms with Crippen LogP contribution < -0.4 is 10.2 Å². The summed E-state index contributed by atoms with van der Waals surface area (Å²) in [7, 11) is 0. The Morgan fingerprint density at radius 2 is 2.00 bits per heavy atom. The van der Waals surface area contributed by atoms with Crippen LogP contribution in [-0.4, -0.2) is 49.7 Å². The molecule has 3 heterocycles. The van der Waals surface area contributed by atoms with E-state index in [1.165, 1.54) is 30.9 Å². The van der Waals surface area contributed by atoms with E-state index in [1.807, 2.05) is 0 Å². The summed E-state index contributed by atoms with van der Waals surface area (Å²) in [5, 5.41) is 12.0. The molecule has 0 radical (unpaired) electrons. The molecule has 1 aromatic carbocycles. The van der Waals surface area contributed by atoms with Crippen LogP contribution in [0.25, 0.3) is 5.95 Å². The first-order valence-electron chi connectivity index (χ1n) is 9.18. The number of aliphatic hydroxyl groups excluding tert-OH is 1. The van der Waals surface area contributed by atoms with Crippen molar-refractivity contribution < 1.29 is 27.5 Å². The van der Waals surface area contributed by atoms with Crippen molar-refractivity contribution in [3.8, 4) is 5.95 Å². The molecule has 2 aromatic heterocycles. The SMILES string of the molecule is O=C(Nc1cc(F)cc(N2CC[C@H](O)C2)c1)c1cc(C(F)(F)F)nc(-n2ccnc2)n1. The zero-order chi connectivity index (χ0) is 22.2. The number of β-amino-alcohol motifs (C(OH)–C–C–N with tert-alkyl or cyclic N) is 1. The second-order valence-electron chi connectivity index (χ2n) is 6.95. The lowest BCUT2D eigenvalue weighted by molar-refractivity contribution is -0.141. The second kappa shape index (κ2) is 7.95. The molecule has 4 rings (SSSR count). The number of rotatable bonds is 4. The van der Waals surface area contributed by atoms with Crippen LogP contribution in [0.15, 0.2) is 43.0 Å². The van der Waals surface area contributed by atoms with Gasteiger partial charge < -0.3 is 15.3 Å². The van der Waals surface area contributed by atoms with E-state index in [4.69, 9.17) is 0 Å². The molecule has 1 atom stereocenters. The van der Waals surface area contributed by atoms with Gasteiger partial charge in [-0.15, -0.1) is 0 Å². The summed E-state index contributed by atoms with van der Waals surface area (Å²) in [6.07, 6.45) is -0.968. The van der Waals surface area contributed by atoms with Crippen molar-refractivity contribution in [1.82, 2.24) is 19.5 Å². The number of hydrogen-bond acceptors (Lipinski definition) is 6. The predicted molar refractivity (Wildman–Crippen MR) is 101 cm³/mol. The molecule has 1 saturated heterocycles. The normalized spacial score (nSPS) is 16.5. The summed E-state index contributed by atoms with van der Waals surface area (Å²) in [5.74, 6) is -2.00. The first kappa shape index (κ1) is 20.7. The number of amides is 1. The molecule has 0 bridgehead atoms. The van der Waals surface area contributed by atoms with Gasteiger partial charge in [0.1, 0.15) is 17.8 Å². The molecule has 162 valence electrons. The summed E-state index contributed by atoms with van der Waals surface area (Å²) >= 11 is 0. The van der Waals surface area contributed by atoms with Crippen molar-refractivity contribution in [3.05, 3.63) is 60.2 Å². The van der Waals surface area contributed by atoms with Crippen LogP contribution in [0.5, 0.6) is 0 Å². The smallest absolute Gasteiger partial charge is 0.391 e. The van der Waals surface area contributed by atoms with E-state index in [1.54, 1.807) is 4.90 Å². The molecular weight excluding hydrogens is 420 g/mol. The lowest BCUT2D eigenvalue weighted by Crippen LogP contribution is -2.22. The van der Waals surface area contributed by atoms with Gasteiger partial charge in [0.15, 0.2) is 5.69 Å². The maximum atomic E-state index is 14.1. The molecular formula is C19H16F4N6O2. The van der Waals surface area contributed by atoms with Crippen molar-refractivity contribution in [1.29, 1.82) is 0 Å². The van der Waals surface area contributed by atoms with E-state index >= 15 is 0 Å². The number of carbonyl (C=O) groups excluding carboxylic acids is 1. The van der Waals surface area contributed by atoms with Crippen LogP contribution in [-0.2, 0) is 6.18 Å². The number of aromatic nitrogens is 4. The second-order valence-corrected chi connectivity index (χ2v) is 6.95. The number of nitrogens with zero attached hydrogens (tertiary/aromatic N) is 5. The van der Waals surface area contributed by atoms with Gasteiger partial charge in [-0.25, -0.2) is 19.3 Å². The van der Waals surface area contributed by atoms with E-state index in [0.29, 0.717) is 31.3 Å². The van der Waals surface area contributed by atoms with Crippen molar-refractivity contribution in [2.45, 2.75) is 18.7 Å². The van der Waals surface area contributed by atoms with Crippen LogP contribution in [0.4, 0.5) is 28.9 Å². The number of carbonyl (C=O) groups is 1. The Labute approximate surface area is 173 Å². The van der Waals surface area contributed by atoms with Gasteiger partial charge in [-0.1, -0.05) is 0 Å². The fourth-order valence-electron chi connectivity index (χ4n) is 3.19. The highest BCUT2D eigenvalue weighted by Gasteiger charge is 2.34. The maximum absolute atomic E-state index is 14.1. The van der Waals surface area contributed by atoms with Crippen molar-refractivity contribution in [3.63, 3.8) is 0 Å². The minimum atomic E-state index is -4.81. The number of halogens is 4. The summed E-state index contributed by atoms with van der Waals surface area (Å²) in [6, 6.07) is 4.28. The Hall–Kier alpha value is -3.54. The van der Waals surface area contributed by atoms with Crippen molar-refractivity contribution in [2.75, 3.05) is 23.3 Å². The minimum Gasteiger partial charge on any atom is -0.391 e. The van der Waals surface area contributed by atoms with Gasteiger partial charge in [0.05, 0.1) is 6.10 Å². The molecule has 2 N–H and O–H groups in total. The topological polar surface area (TPSA) is 96.2 Å². The lowest BCUT2D eigenvalue weighted by Gasteiger charge is -2.19. The van der Waals surface area contributed by atoms with Crippen LogP contribution in [0.1, 0.15) is 22.6 Å². The number of nitrogens with one attached hydrogen (secondary N) is 1. The Kier molecular flexibility index (Phi) is 5.31. The molecule has 0 aliphatic carbocycles. The van der Waals surface area contributed by atoms with E-state index in [-0.39, 0.29) is 11.6 Å². The molecule has 0 spiro atoms. The number of anilines is 2. The molecule has 31 heavy (non-hydrogen) atoms. The van der Waals surface area contributed by atoms with Crippen LogP contribution in [0, 0.1) is 5.82 Å². The fraction of sp³-hybridized carbons (Fsp3) is 0.263. The summed E-state index contributed by atoms with van der Waals surface area (Å²) in [5.41, 5.74) is -1.38. The van der Waals surface area contributed by atoms with Gasteiger partial charge in [-0.05, 0) is 24.6 Å². The molecule has 0 saturated carbocycles. The van der Waals surface area contributed by atoms with E-state index in [9.17, 15) is 27.5 Å². The van der Waals surface area contributed by atoms with Gasteiger partial charge in [0.25, 0.3) is 5.91 Å². The molecule has 12 heteroatoms. The number of benzene rings is 1. The minimum absolute atomic E-state index is 0.0396. The summed E-state index contributed by atoms with van der Waals surface area (Å²) < 4.78 is 55.0. The first-order valence-corrected chi connectivity index (χ1v) is 9.18. The van der Waals surface area contributed by atoms with Gasteiger partial charge in [-0.3, -0.25) is 9.36 Å². The average Bonchev–Trinajstić information content (AvgIpc) is 3.38. The predicted octanol–water partition coefficient (Wildman–Crippen LogP) is 2.64. The standard InChI is InChI=1S/C19H16F4N6O2/c20-11-5-12(7-13(6-11)28-3-1-14(30)9-28)25-17(31)15-8-16(19(21,22)23)27-18(26-15)29-4-2-24-10-29/h2,4-8,10,14,30H,1,3,9H2,(H,25,31)/t14-/m0/s1. The molecule has 1 aliphatic rings. The number of aliphatic hydroxyl groups is 1. The summed E-state index contributed by atoms with van der Waals surface area (Å²) in [6.45, 7) is 0.819. The van der Waals surface area contributed by atoms with Gasteiger partial charge in [0, 0.05) is 42.9 Å². The third kappa shape index (κ3) is 4.63. The van der Waals surface area contributed by atoms with Gasteiger partial charge >= 0.3 is 6.18 Å². The van der Waals surface area contributed by atoms with Crippen molar-refractivity contribution in [2.24, 2.45) is 0 Å².